The molecule has 1 heterocycles. The van der Waals surface area contributed by atoms with Crippen LogP contribution in [0.1, 0.15) is 35.3 Å². The first-order valence-electron chi connectivity index (χ1n) is 9.34. The zero-order valence-corrected chi connectivity index (χ0v) is 18.7. The first-order chi connectivity index (χ1) is 12.9. The van der Waals surface area contributed by atoms with Crippen LogP contribution >= 0.6 is 27.7 Å². The second-order valence-electron chi connectivity index (χ2n) is 7.09. The van der Waals surface area contributed by atoms with Gasteiger partial charge in [-0.3, -0.25) is 4.79 Å². The summed E-state index contributed by atoms with van der Waals surface area (Å²) in [6.45, 7) is 11.2. The van der Waals surface area contributed by atoms with Gasteiger partial charge in [-0.2, -0.15) is 0 Å². The summed E-state index contributed by atoms with van der Waals surface area (Å²) in [5.74, 6) is 0.849. The van der Waals surface area contributed by atoms with Crippen molar-refractivity contribution in [3.63, 3.8) is 0 Å². The predicted molar refractivity (Wildman–Crippen MR) is 116 cm³/mol. The lowest BCUT2D eigenvalue weighted by Gasteiger charge is -2.39. The molecule has 0 amide bonds. The maximum absolute atomic E-state index is 13.7. The molecule has 0 saturated carbocycles. The molecule has 0 bridgehead atoms. The molecule has 1 aliphatic heterocycles. The third-order valence-corrected chi connectivity index (χ3v) is 7.27. The Morgan fingerprint density at radius 3 is 2.44 bits per heavy atom. The molecule has 0 aliphatic carbocycles. The highest BCUT2D eigenvalue weighted by Crippen LogP contribution is 2.43. The van der Waals surface area contributed by atoms with Crippen LogP contribution in [0.4, 0.5) is 0 Å². The van der Waals surface area contributed by atoms with Crippen molar-refractivity contribution < 1.29 is 9.53 Å². The summed E-state index contributed by atoms with van der Waals surface area (Å²) in [4.78, 5) is 17.1. The Kier molecular flexibility index (Phi) is 6.34. The summed E-state index contributed by atoms with van der Waals surface area (Å²) in [6, 6.07) is 12.2. The number of nitrogens with zero attached hydrogens (tertiary/aromatic N) is 1. The highest BCUT2D eigenvalue weighted by atomic mass is 79.9. The van der Waals surface area contributed by atoms with Gasteiger partial charge in [0.1, 0.15) is 17.1 Å². The molecule has 2 aromatic carbocycles. The molecular formula is C22H26BrNO2S. The van der Waals surface area contributed by atoms with Crippen LogP contribution in [0.5, 0.6) is 5.75 Å². The van der Waals surface area contributed by atoms with Gasteiger partial charge in [-0.25, -0.2) is 0 Å². The summed E-state index contributed by atoms with van der Waals surface area (Å²) in [5.41, 5.74) is 2.96. The number of rotatable bonds is 6. The smallest absolute Gasteiger partial charge is 0.187 e. The monoisotopic (exact) mass is 447 g/mol. The Morgan fingerprint density at radius 1 is 1.15 bits per heavy atom. The number of Topliss-reactive ketones (excluding diaryl/α,β-unsaturated/α-hetero) is 1. The number of benzene rings is 2. The van der Waals surface area contributed by atoms with Crippen molar-refractivity contribution in [1.82, 2.24) is 4.90 Å². The standard InChI is InChI=1S/C22H26BrNO2S/c1-5-24(6-2)13-22(27-17-9-7-15(3)8-10-17)14-26-20-11-16(4)19(23)12-18(20)21(22)25/h7-12H,5-6,13-14H2,1-4H3/t22-/m0/s1. The molecule has 0 saturated heterocycles. The SMILES string of the molecule is CCN(CC)C[C@]1(Sc2ccc(C)cc2)COc2cc(C)c(Br)cc2C1=O. The highest BCUT2D eigenvalue weighted by molar-refractivity contribution is 9.10. The Morgan fingerprint density at radius 2 is 1.81 bits per heavy atom. The van der Waals surface area contributed by atoms with Crippen LogP contribution in [0.3, 0.4) is 0 Å². The van der Waals surface area contributed by atoms with Crippen LogP contribution in [0, 0.1) is 13.8 Å². The quantitative estimate of drug-likeness (QED) is 0.583. The molecule has 3 nitrogen and oxygen atoms in total. The fourth-order valence-corrected chi connectivity index (χ4v) is 4.96. The fraction of sp³-hybridized carbons (Fsp3) is 0.409. The number of halogens is 1. The Bertz CT molecular complexity index is 833. The van der Waals surface area contributed by atoms with Gasteiger partial charge in [0.25, 0.3) is 0 Å². The van der Waals surface area contributed by atoms with Gasteiger partial charge in [0.2, 0.25) is 0 Å². The molecule has 0 unspecified atom stereocenters. The fourth-order valence-electron chi connectivity index (χ4n) is 3.32. The lowest BCUT2D eigenvalue weighted by atomic mass is 9.92. The molecule has 0 N–H and O–H groups in total. The van der Waals surface area contributed by atoms with Gasteiger partial charge in [-0.1, -0.05) is 47.5 Å². The molecular weight excluding hydrogens is 422 g/mol. The van der Waals surface area contributed by atoms with Crippen LogP contribution in [-0.2, 0) is 0 Å². The minimum atomic E-state index is -0.650. The molecule has 1 atom stereocenters. The molecule has 1 aliphatic rings. The van der Waals surface area contributed by atoms with Crippen LogP contribution in [0.2, 0.25) is 0 Å². The van der Waals surface area contributed by atoms with Crippen molar-refractivity contribution in [3.05, 3.63) is 57.6 Å². The lowest BCUT2D eigenvalue weighted by Crippen LogP contribution is -2.52. The molecule has 0 aromatic heterocycles. The van der Waals surface area contributed by atoms with Crippen molar-refractivity contribution in [3.8, 4) is 5.75 Å². The highest BCUT2D eigenvalue weighted by Gasteiger charge is 2.46. The Hall–Kier alpha value is -1.30. The Labute approximate surface area is 174 Å². The number of carbonyl (C=O) groups excluding carboxylic acids is 1. The normalized spacial score (nSPS) is 19.1. The number of carbonyl (C=O) groups is 1. The number of hydrogen-bond acceptors (Lipinski definition) is 4. The van der Waals surface area contributed by atoms with E-state index in [1.165, 1.54) is 5.56 Å². The van der Waals surface area contributed by atoms with Gasteiger partial charge in [-0.15, -0.1) is 11.8 Å². The maximum Gasteiger partial charge on any atom is 0.187 e. The van der Waals surface area contributed by atoms with E-state index in [2.05, 4.69) is 65.9 Å². The maximum atomic E-state index is 13.7. The Balaban J connectivity index is 2.02. The summed E-state index contributed by atoms with van der Waals surface area (Å²) >= 11 is 5.20. The second-order valence-corrected chi connectivity index (χ2v) is 9.40. The average Bonchev–Trinajstić information content (AvgIpc) is 2.66. The van der Waals surface area contributed by atoms with E-state index in [1.807, 2.05) is 19.1 Å². The lowest BCUT2D eigenvalue weighted by molar-refractivity contribution is 0.0825. The van der Waals surface area contributed by atoms with Gasteiger partial charge in [0.15, 0.2) is 5.78 Å². The van der Waals surface area contributed by atoms with E-state index in [0.717, 1.165) is 28.0 Å². The number of hydrogen-bond donors (Lipinski definition) is 0. The predicted octanol–water partition coefficient (Wildman–Crippen LogP) is 5.51. The molecule has 0 spiro atoms. The molecule has 27 heavy (non-hydrogen) atoms. The first-order valence-corrected chi connectivity index (χ1v) is 10.9. The van der Waals surface area contributed by atoms with E-state index >= 15 is 0 Å². The van der Waals surface area contributed by atoms with Crippen LogP contribution in [0.15, 0.2) is 45.8 Å². The van der Waals surface area contributed by atoms with Crippen LogP contribution < -0.4 is 4.74 Å². The largest absolute Gasteiger partial charge is 0.491 e. The summed E-state index contributed by atoms with van der Waals surface area (Å²) in [5, 5.41) is 0. The third-order valence-electron chi connectivity index (χ3n) is 5.09. The zero-order chi connectivity index (χ0) is 19.6. The summed E-state index contributed by atoms with van der Waals surface area (Å²) < 4.78 is 6.43. The third kappa shape index (κ3) is 4.25. The molecule has 144 valence electrons. The summed E-state index contributed by atoms with van der Waals surface area (Å²) in [7, 11) is 0. The van der Waals surface area contributed by atoms with Crippen LogP contribution in [0.25, 0.3) is 0 Å². The van der Waals surface area contributed by atoms with E-state index in [0.29, 0.717) is 24.5 Å². The van der Waals surface area contributed by atoms with E-state index in [9.17, 15) is 4.79 Å². The molecule has 0 radical (unpaired) electrons. The number of thioether (sulfide) groups is 1. The van der Waals surface area contributed by atoms with E-state index in [4.69, 9.17) is 4.74 Å². The summed E-state index contributed by atoms with van der Waals surface area (Å²) in [6.07, 6.45) is 0. The number of ketones is 1. The number of aryl methyl sites for hydroxylation is 2. The van der Waals surface area contributed by atoms with E-state index in [-0.39, 0.29) is 5.78 Å². The van der Waals surface area contributed by atoms with E-state index < -0.39 is 4.75 Å². The zero-order valence-electron chi connectivity index (χ0n) is 16.3. The average molecular weight is 448 g/mol. The topological polar surface area (TPSA) is 29.5 Å². The van der Waals surface area contributed by atoms with Crippen molar-refractivity contribution in [2.45, 2.75) is 37.3 Å². The van der Waals surface area contributed by atoms with Gasteiger partial charge in [0, 0.05) is 15.9 Å². The molecule has 3 rings (SSSR count). The van der Waals surface area contributed by atoms with Gasteiger partial charge in [-0.05, 0) is 56.8 Å². The number of fused-ring (bicyclic) bond motifs is 1. The minimum Gasteiger partial charge on any atom is -0.491 e. The van der Waals surface area contributed by atoms with Gasteiger partial charge < -0.3 is 9.64 Å². The van der Waals surface area contributed by atoms with Gasteiger partial charge >= 0.3 is 0 Å². The molecule has 2 aromatic rings. The van der Waals surface area contributed by atoms with Crippen molar-refractivity contribution >= 4 is 33.5 Å². The first kappa shape index (κ1) is 20.4. The van der Waals surface area contributed by atoms with Gasteiger partial charge in [0.05, 0.1) is 5.56 Å². The van der Waals surface area contributed by atoms with Crippen molar-refractivity contribution in [1.29, 1.82) is 0 Å². The van der Waals surface area contributed by atoms with E-state index in [1.54, 1.807) is 11.8 Å². The van der Waals surface area contributed by atoms with Crippen molar-refractivity contribution in [2.75, 3.05) is 26.2 Å². The second kappa shape index (κ2) is 8.38. The number of ether oxygens (including phenoxy) is 1. The van der Waals surface area contributed by atoms with Crippen molar-refractivity contribution in [2.24, 2.45) is 0 Å². The van der Waals surface area contributed by atoms with Crippen LogP contribution in [-0.4, -0.2) is 41.7 Å². The minimum absolute atomic E-state index is 0.155. The molecule has 0 fully saturated rings. The molecule has 5 heteroatoms.